The van der Waals surface area contributed by atoms with Gasteiger partial charge in [0.1, 0.15) is 17.7 Å². The van der Waals surface area contributed by atoms with Gasteiger partial charge in [-0.1, -0.05) is 6.07 Å². The third-order valence-corrected chi connectivity index (χ3v) is 8.04. The van der Waals surface area contributed by atoms with E-state index < -0.39 is 18.0 Å². The second-order valence-corrected chi connectivity index (χ2v) is 11.2. The van der Waals surface area contributed by atoms with Crippen molar-refractivity contribution in [1.29, 1.82) is 0 Å². The Morgan fingerprint density at radius 2 is 1.78 bits per heavy atom. The summed E-state index contributed by atoms with van der Waals surface area (Å²) in [5, 5.41) is 5.95. The lowest BCUT2D eigenvalue weighted by Crippen LogP contribution is -2.57. The molecule has 1 fully saturated rings. The van der Waals surface area contributed by atoms with Crippen molar-refractivity contribution in [2.75, 3.05) is 40.7 Å². The molecule has 2 atom stereocenters. The Kier molecular flexibility index (Phi) is 9.11. The summed E-state index contributed by atoms with van der Waals surface area (Å²) in [6, 6.07) is 13.2. The van der Waals surface area contributed by atoms with E-state index in [2.05, 4.69) is 15.5 Å². The van der Waals surface area contributed by atoms with E-state index in [9.17, 15) is 14.0 Å². The van der Waals surface area contributed by atoms with Gasteiger partial charge >= 0.3 is 0 Å². The lowest BCUT2D eigenvalue weighted by atomic mass is 10.0. The molecule has 0 aliphatic carbocycles. The highest BCUT2D eigenvalue weighted by Crippen LogP contribution is 2.42. The molecule has 2 N–H and O–H groups in total. The van der Waals surface area contributed by atoms with Crippen molar-refractivity contribution in [3.8, 4) is 34.5 Å². The van der Waals surface area contributed by atoms with Crippen molar-refractivity contribution >= 4 is 11.8 Å². The molecule has 0 unspecified atom stereocenters. The maximum Gasteiger partial charge on any atom is 0.258 e. The lowest BCUT2D eigenvalue weighted by Gasteiger charge is -2.39. The summed E-state index contributed by atoms with van der Waals surface area (Å²) in [6.07, 6.45) is 0.790. The molecule has 0 radical (unpaired) electrons. The van der Waals surface area contributed by atoms with Crippen molar-refractivity contribution < 1.29 is 42.4 Å². The van der Waals surface area contributed by atoms with Crippen molar-refractivity contribution in [3.05, 3.63) is 71.0 Å². The zero-order chi connectivity index (χ0) is 31.3. The van der Waals surface area contributed by atoms with E-state index in [-0.39, 0.29) is 38.2 Å². The minimum Gasteiger partial charge on any atom is -0.493 e. The number of ether oxygens (including phenoxy) is 6. The summed E-state index contributed by atoms with van der Waals surface area (Å²) in [7, 11) is 3.11. The molecule has 0 aromatic heterocycles. The predicted molar refractivity (Wildman–Crippen MR) is 160 cm³/mol. The Bertz CT molecular complexity index is 1570. The highest BCUT2D eigenvalue weighted by Gasteiger charge is 2.33. The van der Waals surface area contributed by atoms with Crippen LogP contribution in [0.15, 0.2) is 48.5 Å². The summed E-state index contributed by atoms with van der Waals surface area (Å²) in [4.78, 5) is 28.1. The smallest absolute Gasteiger partial charge is 0.258 e. The fourth-order valence-electron chi connectivity index (χ4n) is 5.85. The molecule has 3 aliphatic rings. The average molecular weight is 622 g/mol. The van der Waals surface area contributed by atoms with Crippen LogP contribution in [-0.4, -0.2) is 69.6 Å². The van der Waals surface area contributed by atoms with E-state index in [1.165, 1.54) is 19.2 Å². The quantitative estimate of drug-likeness (QED) is 0.453. The number of rotatable bonds is 4. The second kappa shape index (κ2) is 13.5. The number of carbonyl (C=O) groups excluding carboxylic acids is 2. The van der Waals surface area contributed by atoms with Gasteiger partial charge in [-0.05, 0) is 65.9 Å². The first kappa shape index (κ1) is 30.3. The van der Waals surface area contributed by atoms with Crippen LogP contribution >= 0.6 is 0 Å². The van der Waals surface area contributed by atoms with E-state index in [0.29, 0.717) is 72.5 Å². The number of hydrogen-bond acceptors (Lipinski definition) is 9. The number of benzene rings is 3. The van der Waals surface area contributed by atoms with Crippen molar-refractivity contribution in [2.24, 2.45) is 0 Å². The molecule has 6 rings (SSSR count). The first-order valence-corrected chi connectivity index (χ1v) is 14.9. The third kappa shape index (κ3) is 7.34. The monoisotopic (exact) mass is 621 g/mol. The van der Waals surface area contributed by atoms with Gasteiger partial charge in [-0.2, -0.15) is 0 Å². The zero-order valence-electron chi connectivity index (χ0n) is 25.2. The molecule has 0 saturated carbocycles. The molecule has 2 amide bonds. The Labute approximate surface area is 260 Å². The molecule has 3 aromatic carbocycles. The first-order valence-electron chi connectivity index (χ1n) is 14.9. The largest absolute Gasteiger partial charge is 0.493 e. The molecule has 3 aliphatic heterocycles. The van der Waals surface area contributed by atoms with Gasteiger partial charge in [0.2, 0.25) is 18.4 Å². The van der Waals surface area contributed by atoms with E-state index >= 15 is 0 Å². The molecule has 1 saturated heterocycles. The molecular weight excluding hydrogens is 585 g/mol. The van der Waals surface area contributed by atoms with Gasteiger partial charge in [0.25, 0.3) is 5.91 Å². The molecule has 0 spiro atoms. The molecule has 4 bridgehead atoms. The average Bonchev–Trinajstić information content (AvgIpc) is 3.51. The Balaban J connectivity index is 1.24. The van der Waals surface area contributed by atoms with Gasteiger partial charge < -0.3 is 39.1 Å². The van der Waals surface area contributed by atoms with Crippen molar-refractivity contribution in [3.63, 3.8) is 0 Å². The van der Waals surface area contributed by atoms with Gasteiger partial charge in [0.15, 0.2) is 29.6 Å². The normalized spacial score (nSPS) is 20.3. The Morgan fingerprint density at radius 3 is 2.62 bits per heavy atom. The second-order valence-electron chi connectivity index (χ2n) is 11.2. The van der Waals surface area contributed by atoms with E-state index in [4.69, 9.17) is 28.4 Å². The number of likely N-dealkylation sites (tertiary alicyclic amines) is 1. The molecule has 11 nitrogen and oxygen atoms in total. The Hall–Kier alpha value is -4.71. The molecule has 45 heavy (non-hydrogen) atoms. The number of nitrogens with one attached hydrogen (secondary N) is 2. The van der Waals surface area contributed by atoms with Gasteiger partial charge in [-0.3, -0.25) is 14.5 Å². The zero-order valence-corrected chi connectivity index (χ0v) is 25.2. The minimum absolute atomic E-state index is 0.137. The summed E-state index contributed by atoms with van der Waals surface area (Å²) in [5.41, 5.74) is 2.40. The van der Waals surface area contributed by atoms with E-state index in [1.54, 1.807) is 25.3 Å². The van der Waals surface area contributed by atoms with E-state index in [1.807, 2.05) is 18.2 Å². The number of piperidine rings is 1. The molecule has 3 aromatic rings. The third-order valence-electron chi connectivity index (χ3n) is 8.04. The topological polar surface area (TPSA) is 117 Å². The van der Waals surface area contributed by atoms with Crippen LogP contribution in [0.2, 0.25) is 0 Å². The van der Waals surface area contributed by atoms with Crippen LogP contribution < -0.4 is 39.1 Å². The number of aryl methyl sites for hydroxylation is 1. The molecule has 3 heterocycles. The predicted octanol–water partition coefficient (Wildman–Crippen LogP) is 3.35. The number of nitrogens with zero attached hydrogens (tertiary/aromatic N) is 1. The van der Waals surface area contributed by atoms with Crippen LogP contribution in [0.3, 0.4) is 0 Å². The van der Waals surface area contributed by atoms with Crippen molar-refractivity contribution in [1.82, 2.24) is 15.5 Å². The van der Waals surface area contributed by atoms with Crippen molar-refractivity contribution in [2.45, 2.75) is 44.5 Å². The maximum absolute atomic E-state index is 14.6. The van der Waals surface area contributed by atoms with Gasteiger partial charge in [-0.25, -0.2) is 4.39 Å². The number of hydrogen-bond donors (Lipinski definition) is 2. The van der Waals surface area contributed by atoms with Gasteiger partial charge in [-0.15, -0.1) is 0 Å². The SMILES string of the molecule is COc1ccc2cc1OCC(=O)N[C@@H]1CN(Cc3cc(OC)c4c(c3)OCO4)CC[C@H]1Oc1cc(F)cc(c1)CNC(=O)CC2. The van der Waals surface area contributed by atoms with E-state index in [0.717, 1.165) is 11.1 Å². The van der Waals surface area contributed by atoms with Crippen LogP contribution in [0.5, 0.6) is 34.5 Å². The van der Waals surface area contributed by atoms with Crippen LogP contribution in [-0.2, 0) is 29.1 Å². The highest BCUT2D eigenvalue weighted by molar-refractivity contribution is 5.78. The summed E-state index contributed by atoms with van der Waals surface area (Å²) in [6.45, 7) is 1.72. The number of methoxy groups -OCH3 is 2. The Morgan fingerprint density at radius 1 is 0.911 bits per heavy atom. The van der Waals surface area contributed by atoms with Crippen LogP contribution in [0.25, 0.3) is 0 Å². The first-order chi connectivity index (χ1) is 21.9. The summed E-state index contributed by atoms with van der Waals surface area (Å²) in [5.74, 6) is 2.04. The standard InChI is InChI=1S/C33H36FN3O8/c1-40-27-5-3-20-4-6-31(38)35-15-21-9-23(34)14-24(10-21)45-26-7-8-37(17-25(26)36-32(39)18-42-28(27)11-20)16-22-12-29(41-2)33-30(13-22)43-19-44-33/h3,5,9-14,25-26H,4,6-8,15-19H2,1-2H3,(H,35,38)(H,36,39)/t25-,26-/m1/s1. The lowest BCUT2D eigenvalue weighted by molar-refractivity contribution is -0.125. The fourth-order valence-corrected chi connectivity index (χ4v) is 5.85. The number of halogens is 1. The van der Waals surface area contributed by atoms with Crippen LogP contribution in [0.1, 0.15) is 29.5 Å². The van der Waals surface area contributed by atoms with Crippen LogP contribution in [0, 0.1) is 5.82 Å². The molecule has 12 heteroatoms. The summed E-state index contributed by atoms with van der Waals surface area (Å²) >= 11 is 0. The molecular formula is C33H36FN3O8. The van der Waals surface area contributed by atoms with Gasteiger partial charge in [0.05, 0.1) is 20.3 Å². The van der Waals surface area contributed by atoms with Gasteiger partial charge in [0, 0.05) is 38.7 Å². The number of carbonyl (C=O) groups is 2. The maximum atomic E-state index is 14.6. The highest BCUT2D eigenvalue weighted by atomic mass is 19.1. The fraction of sp³-hybridized carbons (Fsp3) is 0.394. The number of fused-ring (bicyclic) bond motifs is 6. The van der Waals surface area contributed by atoms with Crippen LogP contribution in [0.4, 0.5) is 4.39 Å². The summed E-state index contributed by atoms with van der Waals surface area (Å²) < 4.78 is 48.9. The number of amides is 2. The molecule has 238 valence electrons. The minimum atomic E-state index is -0.472.